The first-order valence-corrected chi connectivity index (χ1v) is 3.80. The van der Waals surface area contributed by atoms with Gasteiger partial charge >= 0.3 is 0 Å². The van der Waals surface area contributed by atoms with Gasteiger partial charge in [-0.2, -0.15) is 0 Å². The molecule has 0 amide bonds. The zero-order chi connectivity index (χ0) is 7.11. The molecule has 0 heterocycles. The highest BCUT2D eigenvalue weighted by atomic mass is 79.9. The zero-order valence-corrected chi connectivity index (χ0v) is 7.36. The van der Waals surface area contributed by atoms with Gasteiger partial charge in [0.15, 0.2) is 0 Å². The lowest BCUT2D eigenvalue weighted by Crippen LogP contribution is -1.86. The van der Waals surface area contributed by atoms with E-state index in [-0.39, 0.29) is 0 Å². The van der Waals surface area contributed by atoms with Crippen LogP contribution in [0.1, 0.15) is 13.3 Å². The Kier molecular flexibility index (Phi) is 6.12. The monoisotopic (exact) mass is 190 g/mol. The van der Waals surface area contributed by atoms with Gasteiger partial charge in [0.1, 0.15) is 0 Å². The van der Waals surface area contributed by atoms with Crippen molar-refractivity contribution in [3.05, 3.63) is 0 Å². The highest BCUT2D eigenvalue weighted by Crippen LogP contribution is 1.92. The molecule has 0 aliphatic heterocycles. The predicted molar refractivity (Wildman–Crippen MR) is 42.7 cm³/mol. The number of hydrogen-bond acceptors (Lipinski definition) is 1. The number of methoxy groups -OCH3 is 1. The van der Waals surface area contributed by atoms with Crippen LogP contribution in [0.4, 0.5) is 0 Å². The third-order valence-electron chi connectivity index (χ3n) is 0.732. The van der Waals surface area contributed by atoms with Crippen molar-refractivity contribution in [3.8, 4) is 11.8 Å². The molecule has 0 N–H and O–H groups in total. The molecule has 0 radical (unpaired) electrons. The van der Waals surface area contributed by atoms with Crippen molar-refractivity contribution >= 4 is 15.9 Å². The van der Waals surface area contributed by atoms with E-state index in [0.29, 0.717) is 4.83 Å². The summed E-state index contributed by atoms with van der Waals surface area (Å²) in [5.74, 6) is 5.93. The zero-order valence-electron chi connectivity index (χ0n) is 5.78. The number of halogens is 1. The third-order valence-corrected chi connectivity index (χ3v) is 0.961. The van der Waals surface area contributed by atoms with Crippen LogP contribution >= 0.6 is 15.9 Å². The van der Waals surface area contributed by atoms with Gasteiger partial charge in [-0.3, -0.25) is 0 Å². The van der Waals surface area contributed by atoms with E-state index in [9.17, 15) is 0 Å². The Morgan fingerprint density at radius 3 is 2.78 bits per heavy atom. The number of hydrogen-bond donors (Lipinski definition) is 0. The van der Waals surface area contributed by atoms with Crippen molar-refractivity contribution in [2.45, 2.75) is 18.2 Å². The van der Waals surface area contributed by atoms with Crippen LogP contribution in [0.15, 0.2) is 0 Å². The predicted octanol–water partition coefficient (Wildman–Crippen LogP) is 1.81. The standard InChI is InChI=1S/C7H11BrO/c1-7(8)5-3-4-6-9-2/h7H,4,6H2,1-2H3. The molecule has 0 spiro atoms. The summed E-state index contributed by atoms with van der Waals surface area (Å²) in [4.78, 5) is 0.300. The lowest BCUT2D eigenvalue weighted by atomic mass is 10.4. The molecule has 0 bridgehead atoms. The second-order valence-electron chi connectivity index (χ2n) is 1.68. The van der Waals surface area contributed by atoms with Crippen molar-refractivity contribution in [2.75, 3.05) is 13.7 Å². The maximum absolute atomic E-state index is 4.81. The molecule has 0 aromatic rings. The van der Waals surface area contributed by atoms with E-state index in [2.05, 4.69) is 27.8 Å². The molecule has 0 aromatic heterocycles. The van der Waals surface area contributed by atoms with Crippen molar-refractivity contribution in [1.82, 2.24) is 0 Å². The van der Waals surface area contributed by atoms with Crippen LogP contribution in [0.25, 0.3) is 0 Å². The summed E-state index contributed by atoms with van der Waals surface area (Å²) >= 11 is 3.31. The Bertz CT molecular complexity index is 110. The van der Waals surface area contributed by atoms with E-state index in [1.807, 2.05) is 6.92 Å². The first-order valence-electron chi connectivity index (χ1n) is 2.88. The number of rotatable bonds is 2. The molecule has 1 unspecified atom stereocenters. The van der Waals surface area contributed by atoms with Crippen LogP contribution in [-0.2, 0) is 4.74 Å². The number of alkyl halides is 1. The number of ether oxygens (including phenoxy) is 1. The summed E-state index contributed by atoms with van der Waals surface area (Å²) < 4.78 is 4.81. The molecule has 0 aromatic carbocycles. The van der Waals surface area contributed by atoms with Crippen LogP contribution in [0, 0.1) is 11.8 Å². The molecule has 0 aliphatic rings. The van der Waals surface area contributed by atoms with Gasteiger partial charge in [0.05, 0.1) is 11.4 Å². The molecule has 0 saturated heterocycles. The lowest BCUT2D eigenvalue weighted by molar-refractivity contribution is 0.206. The van der Waals surface area contributed by atoms with E-state index in [4.69, 9.17) is 4.74 Å². The van der Waals surface area contributed by atoms with Gasteiger partial charge in [-0.15, -0.1) is 0 Å². The van der Waals surface area contributed by atoms with Crippen molar-refractivity contribution in [2.24, 2.45) is 0 Å². The first-order chi connectivity index (χ1) is 4.27. The van der Waals surface area contributed by atoms with Gasteiger partial charge in [-0.05, 0) is 6.92 Å². The summed E-state index contributed by atoms with van der Waals surface area (Å²) in [5, 5.41) is 0. The molecular formula is C7H11BrO. The topological polar surface area (TPSA) is 9.23 Å². The Morgan fingerprint density at radius 2 is 2.33 bits per heavy atom. The highest BCUT2D eigenvalue weighted by molar-refractivity contribution is 9.09. The van der Waals surface area contributed by atoms with Gasteiger partial charge in [0, 0.05) is 13.5 Å². The van der Waals surface area contributed by atoms with Crippen molar-refractivity contribution in [3.63, 3.8) is 0 Å². The van der Waals surface area contributed by atoms with Crippen LogP contribution in [0.5, 0.6) is 0 Å². The van der Waals surface area contributed by atoms with E-state index in [0.717, 1.165) is 13.0 Å². The first kappa shape index (κ1) is 9.00. The molecule has 0 rings (SSSR count). The molecule has 1 atom stereocenters. The molecule has 0 aliphatic carbocycles. The lowest BCUT2D eigenvalue weighted by Gasteiger charge is -1.88. The summed E-state index contributed by atoms with van der Waals surface area (Å²) in [5.41, 5.74) is 0. The van der Waals surface area contributed by atoms with E-state index in [1.165, 1.54) is 0 Å². The fourth-order valence-electron chi connectivity index (χ4n) is 0.366. The SMILES string of the molecule is COCCC#CC(C)Br. The van der Waals surface area contributed by atoms with Crippen molar-refractivity contribution in [1.29, 1.82) is 0 Å². The molecule has 1 nitrogen and oxygen atoms in total. The largest absolute Gasteiger partial charge is 0.384 e. The minimum atomic E-state index is 0.300. The average Bonchev–Trinajstić information content (AvgIpc) is 1.80. The molecule has 9 heavy (non-hydrogen) atoms. The molecular weight excluding hydrogens is 180 g/mol. The summed E-state index contributed by atoms with van der Waals surface area (Å²) in [6, 6.07) is 0. The molecule has 2 heteroatoms. The average molecular weight is 191 g/mol. The van der Waals surface area contributed by atoms with Gasteiger partial charge in [-0.25, -0.2) is 0 Å². The van der Waals surface area contributed by atoms with Crippen LogP contribution < -0.4 is 0 Å². The van der Waals surface area contributed by atoms with Crippen LogP contribution in [0.3, 0.4) is 0 Å². The van der Waals surface area contributed by atoms with E-state index in [1.54, 1.807) is 7.11 Å². The molecule has 0 saturated carbocycles. The van der Waals surface area contributed by atoms with Crippen LogP contribution in [0.2, 0.25) is 0 Å². The highest BCUT2D eigenvalue weighted by Gasteiger charge is 1.82. The normalized spacial score (nSPS) is 11.9. The van der Waals surface area contributed by atoms with Gasteiger partial charge < -0.3 is 4.74 Å². The summed E-state index contributed by atoms with van der Waals surface area (Å²) in [7, 11) is 1.68. The third kappa shape index (κ3) is 8.00. The molecule has 52 valence electrons. The smallest absolute Gasteiger partial charge is 0.0726 e. The van der Waals surface area contributed by atoms with Crippen molar-refractivity contribution < 1.29 is 4.74 Å². The maximum atomic E-state index is 4.81. The van der Waals surface area contributed by atoms with Gasteiger partial charge in [0.2, 0.25) is 0 Å². The van der Waals surface area contributed by atoms with E-state index >= 15 is 0 Å². The minimum absolute atomic E-state index is 0.300. The Morgan fingerprint density at radius 1 is 1.67 bits per heavy atom. The fraction of sp³-hybridized carbons (Fsp3) is 0.714. The van der Waals surface area contributed by atoms with E-state index < -0.39 is 0 Å². The molecule has 0 fully saturated rings. The second-order valence-corrected chi connectivity index (χ2v) is 3.05. The minimum Gasteiger partial charge on any atom is -0.384 e. The quantitative estimate of drug-likeness (QED) is 0.367. The summed E-state index contributed by atoms with van der Waals surface area (Å²) in [6.07, 6.45) is 0.826. The Labute approximate surface area is 64.9 Å². The maximum Gasteiger partial charge on any atom is 0.0726 e. The second kappa shape index (κ2) is 6.12. The van der Waals surface area contributed by atoms with Gasteiger partial charge in [0.25, 0.3) is 0 Å². The Hall–Kier alpha value is 0. The Balaban J connectivity index is 3.16. The van der Waals surface area contributed by atoms with Gasteiger partial charge in [-0.1, -0.05) is 27.8 Å². The summed E-state index contributed by atoms with van der Waals surface area (Å²) in [6.45, 7) is 2.73. The van der Waals surface area contributed by atoms with Crippen LogP contribution in [-0.4, -0.2) is 18.5 Å². The fourth-order valence-corrected chi connectivity index (χ4v) is 0.528.